The molecule has 3 heteroatoms. The number of phenolic OH excluding ortho intramolecular Hbond substituents is 1. The molecule has 0 spiro atoms. The van der Waals surface area contributed by atoms with Gasteiger partial charge in [0.25, 0.3) is 0 Å². The van der Waals surface area contributed by atoms with Crippen molar-refractivity contribution in [3.63, 3.8) is 0 Å². The van der Waals surface area contributed by atoms with E-state index in [0.29, 0.717) is 5.56 Å². The highest BCUT2D eigenvalue weighted by atomic mass is 79.9. The van der Waals surface area contributed by atoms with Gasteiger partial charge in [-0.2, -0.15) is 0 Å². The molecule has 0 saturated heterocycles. The van der Waals surface area contributed by atoms with Crippen molar-refractivity contribution in [2.45, 2.75) is 0 Å². The van der Waals surface area contributed by atoms with Crippen LogP contribution < -0.4 is 0 Å². The first kappa shape index (κ1) is 9.29. The molecule has 0 unspecified atom stereocenters. The maximum absolute atomic E-state index is 9.36. The molecule has 1 rings (SSSR count). The molecule has 1 aromatic rings. The van der Waals surface area contributed by atoms with Crippen LogP contribution in [-0.2, 0) is 0 Å². The lowest BCUT2D eigenvalue weighted by molar-refractivity contribution is 0.343. The van der Waals surface area contributed by atoms with Crippen LogP contribution in [0.4, 0.5) is 0 Å². The molecule has 12 heavy (non-hydrogen) atoms. The number of aliphatic hydroxyl groups is 1. The highest BCUT2D eigenvalue weighted by molar-refractivity contribution is 9.10. The molecular formula is C9H9BrO2. The van der Waals surface area contributed by atoms with Crippen molar-refractivity contribution in [3.05, 3.63) is 34.3 Å². The van der Waals surface area contributed by atoms with E-state index in [1.165, 1.54) is 0 Å². The Morgan fingerprint density at radius 2 is 2.17 bits per heavy atom. The summed E-state index contributed by atoms with van der Waals surface area (Å²) in [6, 6.07) is 5.17. The van der Waals surface area contributed by atoms with Crippen LogP contribution in [0.15, 0.2) is 28.7 Å². The molecule has 0 radical (unpaired) electrons. The molecule has 0 aliphatic carbocycles. The van der Waals surface area contributed by atoms with Crippen LogP contribution in [-0.4, -0.2) is 16.8 Å². The van der Waals surface area contributed by atoms with E-state index in [1.807, 2.05) is 6.07 Å². The van der Waals surface area contributed by atoms with Gasteiger partial charge < -0.3 is 10.2 Å². The minimum absolute atomic E-state index is 0.0270. The third kappa shape index (κ3) is 2.09. The second-order valence-corrected chi connectivity index (χ2v) is 3.11. The largest absolute Gasteiger partial charge is 0.507 e. The number of phenols is 1. The molecule has 1 aromatic carbocycles. The molecule has 0 aliphatic rings. The smallest absolute Gasteiger partial charge is 0.123 e. The molecule has 0 fully saturated rings. The standard InChI is InChI=1S/C9H9BrO2/c10-8-4-1-5-9(12)7(8)3-2-6-11/h1-5,11-12H,6H2/b3-2+. The van der Waals surface area contributed by atoms with Gasteiger partial charge in [-0.1, -0.05) is 34.1 Å². The van der Waals surface area contributed by atoms with Gasteiger partial charge in [0.15, 0.2) is 0 Å². The van der Waals surface area contributed by atoms with Gasteiger partial charge in [0.1, 0.15) is 5.75 Å². The van der Waals surface area contributed by atoms with Crippen LogP contribution in [0.3, 0.4) is 0 Å². The van der Waals surface area contributed by atoms with Gasteiger partial charge in [-0.05, 0) is 12.1 Å². The molecule has 0 bridgehead atoms. The summed E-state index contributed by atoms with van der Waals surface area (Å²) >= 11 is 3.28. The molecule has 2 N–H and O–H groups in total. The number of aromatic hydroxyl groups is 1. The van der Waals surface area contributed by atoms with Crippen molar-refractivity contribution in [1.29, 1.82) is 0 Å². The number of hydrogen-bond donors (Lipinski definition) is 2. The summed E-state index contributed by atoms with van der Waals surface area (Å²) < 4.78 is 0.812. The molecule has 64 valence electrons. The Bertz CT molecular complexity index is 274. The van der Waals surface area contributed by atoms with Crippen LogP contribution in [0.5, 0.6) is 5.75 Å². The van der Waals surface area contributed by atoms with E-state index in [-0.39, 0.29) is 12.4 Å². The fourth-order valence-corrected chi connectivity index (χ4v) is 1.35. The average molecular weight is 229 g/mol. The Morgan fingerprint density at radius 3 is 2.75 bits per heavy atom. The van der Waals surface area contributed by atoms with Crippen LogP contribution >= 0.6 is 15.9 Å². The predicted octanol–water partition coefficient (Wildman–Crippen LogP) is 2.16. The first-order chi connectivity index (χ1) is 5.75. The lowest BCUT2D eigenvalue weighted by atomic mass is 10.2. The third-order valence-corrected chi connectivity index (χ3v) is 2.11. The highest BCUT2D eigenvalue weighted by Crippen LogP contribution is 2.26. The molecular weight excluding hydrogens is 220 g/mol. The van der Waals surface area contributed by atoms with E-state index in [9.17, 15) is 5.11 Å². The molecule has 0 amide bonds. The summed E-state index contributed by atoms with van der Waals surface area (Å²) in [5.41, 5.74) is 0.687. The van der Waals surface area contributed by atoms with Crippen LogP contribution in [0.2, 0.25) is 0 Å². The van der Waals surface area contributed by atoms with Crippen molar-refractivity contribution < 1.29 is 10.2 Å². The third-order valence-electron chi connectivity index (χ3n) is 1.42. The lowest BCUT2D eigenvalue weighted by Crippen LogP contribution is -1.78. The highest BCUT2D eigenvalue weighted by Gasteiger charge is 1.99. The summed E-state index contributed by atoms with van der Waals surface area (Å²) in [5, 5.41) is 17.9. The van der Waals surface area contributed by atoms with Crippen molar-refractivity contribution in [2.75, 3.05) is 6.61 Å². The molecule has 0 aliphatic heterocycles. The number of halogens is 1. The van der Waals surface area contributed by atoms with Crippen LogP contribution in [0, 0.1) is 0 Å². The predicted molar refractivity (Wildman–Crippen MR) is 51.9 cm³/mol. The Hall–Kier alpha value is -0.800. The van der Waals surface area contributed by atoms with Gasteiger partial charge in [0, 0.05) is 10.0 Å². The molecule has 0 atom stereocenters. The summed E-state index contributed by atoms with van der Waals surface area (Å²) in [6.07, 6.45) is 3.24. The van der Waals surface area contributed by atoms with Crippen LogP contribution in [0.1, 0.15) is 5.56 Å². The quantitative estimate of drug-likeness (QED) is 0.815. The van der Waals surface area contributed by atoms with E-state index in [1.54, 1.807) is 24.3 Å². The number of hydrogen-bond acceptors (Lipinski definition) is 2. The first-order valence-corrected chi connectivity index (χ1v) is 4.30. The maximum atomic E-state index is 9.36. The van der Waals surface area contributed by atoms with Gasteiger partial charge in [0.2, 0.25) is 0 Å². The zero-order valence-electron chi connectivity index (χ0n) is 6.37. The van der Waals surface area contributed by atoms with Crippen molar-refractivity contribution in [2.24, 2.45) is 0 Å². The fourth-order valence-electron chi connectivity index (χ4n) is 0.861. The Balaban J connectivity index is 3.04. The summed E-state index contributed by atoms with van der Waals surface area (Å²) in [5.74, 6) is 0.203. The van der Waals surface area contributed by atoms with E-state index in [2.05, 4.69) is 15.9 Å². The maximum Gasteiger partial charge on any atom is 0.123 e. The Morgan fingerprint density at radius 1 is 1.42 bits per heavy atom. The summed E-state index contributed by atoms with van der Waals surface area (Å²) in [7, 11) is 0. The van der Waals surface area contributed by atoms with Gasteiger partial charge in [-0.3, -0.25) is 0 Å². The molecule has 0 aromatic heterocycles. The molecule has 2 nitrogen and oxygen atoms in total. The van der Waals surface area contributed by atoms with Crippen molar-refractivity contribution in [3.8, 4) is 5.75 Å². The van der Waals surface area contributed by atoms with Gasteiger partial charge in [-0.15, -0.1) is 0 Å². The topological polar surface area (TPSA) is 40.5 Å². The Labute approximate surface area is 79.3 Å². The fraction of sp³-hybridized carbons (Fsp3) is 0.111. The second kappa shape index (κ2) is 4.28. The van der Waals surface area contributed by atoms with E-state index < -0.39 is 0 Å². The normalized spacial score (nSPS) is 10.8. The van der Waals surface area contributed by atoms with E-state index in [0.717, 1.165) is 4.47 Å². The minimum Gasteiger partial charge on any atom is -0.507 e. The van der Waals surface area contributed by atoms with Gasteiger partial charge in [0.05, 0.1) is 6.61 Å². The van der Waals surface area contributed by atoms with E-state index in [4.69, 9.17) is 5.11 Å². The zero-order chi connectivity index (χ0) is 8.97. The van der Waals surface area contributed by atoms with Crippen molar-refractivity contribution in [1.82, 2.24) is 0 Å². The molecule has 0 saturated carbocycles. The lowest BCUT2D eigenvalue weighted by Gasteiger charge is -2.00. The molecule has 0 heterocycles. The second-order valence-electron chi connectivity index (χ2n) is 2.26. The average Bonchev–Trinajstić information content (AvgIpc) is 2.04. The van der Waals surface area contributed by atoms with Crippen LogP contribution in [0.25, 0.3) is 6.08 Å². The minimum atomic E-state index is -0.0270. The number of aliphatic hydroxyl groups excluding tert-OH is 1. The first-order valence-electron chi connectivity index (χ1n) is 3.50. The van der Waals surface area contributed by atoms with Gasteiger partial charge >= 0.3 is 0 Å². The van der Waals surface area contributed by atoms with E-state index >= 15 is 0 Å². The summed E-state index contributed by atoms with van der Waals surface area (Å²) in [6.45, 7) is -0.0270. The monoisotopic (exact) mass is 228 g/mol. The van der Waals surface area contributed by atoms with Crippen molar-refractivity contribution >= 4 is 22.0 Å². The zero-order valence-corrected chi connectivity index (χ0v) is 7.95. The Kier molecular flexibility index (Phi) is 3.31. The number of benzene rings is 1. The number of rotatable bonds is 2. The van der Waals surface area contributed by atoms with Gasteiger partial charge in [-0.25, -0.2) is 0 Å². The SMILES string of the molecule is OC/C=C/c1c(O)cccc1Br. The summed E-state index contributed by atoms with van der Waals surface area (Å²) in [4.78, 5) is 0.